The third kappa shape index (κ3) is 2.40. The summed E-state index contributed by atoms with van der Waals surface area (Å²) in [6.07, 6.45) is 2.54. The van der Waals surface area contributed by atoms with Crippen LogP contribution in [0.4, 0.5) is 5.69 Å². The van der Waals surface area contributed by atoms with Crippen molar-refractivity contribution in [2.45, 2.75) is 26.3 Å². The summed E-state index contributed by atoms with van der Waals surface area (Å²) in [6, 6.07) is 8.34. The number of rotatable bonds is 3. The van der Waals surface area contributed by atoms with Crippen molar-refractivity contribution in [3.8, 4) is 0 Å². The van der Waals surface area contributed by atoms with Gasteiger partial charge >= 0.3 is 5.97 Å². The van der Waals surface area contributed by atoms with Crippen LogP contribution in [0.15, 0.2) is 30.3 Å². The Morgan fingerprint density at radius 1 is 1.39 bits per heavy atom. The molecule has 1 aromatic carbocycles. The normalized spacial score (nSPS) is 18.1. The molecule has 3 nitrogen and oxygen atoms in total. The van der Waals surface area contributed by atoms with E-state index in [-0.39, 0.29) is 12.0 Å². The summed E-state index contributed by atoms with van der Waals surface area (Å²) < 4.78 is 5.02. The van der Waals surface area contributed by atoms with Gasteiger partial charge in [-0.05, 0) is 25.5 Å². The molecule has 1 aliphatic heterocycles. The monoisotopic (exact) mass is 245 g/mol. The van der Waals surface area contributed by atoms with E-state index in [0.29, 0.717) is 13.0 Å². The molecular weight excluding hydrogens is 226 g/mol. The number of carbonyl (C=O) groups is 1. The highest BCUT2D eigenvalue weighted by Crippen LogP contribution is 2.33. The van der Waals surface area contributed by atoms with Gasteiger partial charge in [0.05, 0.1) is 19.1 Å². The molecule has 0 aromatic heterocycles. The first-order chi connectivity index (χ1) is 8.63. The Morgan fingerprint density at radius 2 is 2.11 bits per heavy atom. The van der Waals surface area contributed by atoms with E-state index in [1.165, 1.54) is 16.8 Å². The second-order valence-corrected chi connectivity index (χ2v) is 4.55. The lowest BCUT2D eigenvalue weighted by Crippen LogP contribution is -2.35. The van der Waals surface area contributed by atoms with Crippen LogP contribution in [-0.2, 0) is 9.53 Å². The Balaban J connectivity index is 2.22. The minimum Gasteiger partial charge on any atom is -0.466 e. The van der Waals surface area contributed by atoms with Gasteiger partial charge < -0.3 is 9.64 Å². The Kier molecular flexibility index (Phi) is 3.70. The van der Waals surface area contributed by atoms with Crippen LogP contribution in [0.3, 0.4) is 0 Å². The molecule has 0 fully saturated rings. The summed E-state index contributed by atoms with van der Waals surface area (Å²) >= 11 is 0. The van der Waals surface area contributed by atoms with E-state index < -0.39 is 0 Å². The first kappa shape index (κ1) is 12.7. The second-order valence-electron chi connectivity index (χ2n) is 4.55. The third-order valence-corrected chi connectivity index (χ3v) is 3.33. The molecule has 0 bridgehead atoms. The Hall–Kier alpha value is -1.77. The molecule has 2 rings (SSSR count). The highest BCUT2D eigenvalue weighted by molar-refractivity contribution is 5.81. The van der Waals surface area contributed by atoms with Crippen LogP contribution in [0.1, 0.15) is 25.8 Å². The summed E-state index contributed by atoms with van der Waals surface area (Å²) in [5.74, 6) is -0.141. The zero-order valence-electron chi connectivity index (χ0n) is 11.1. The molecule has 0 saturated carbocycles. The Labute approximate surface area is 108 Å². The number of para-hydroxylation sites is 1. The summed E-state index contributed by atoms with van der Waals surface area (Å²) in [6.45, 7) is 4.36. The molecule has 1 aliphatic rings. The SMILES string of the molecule is CCOC(=O)CC1C=C(C)c2ccccc2N1C. The maximum absolute atomic E-state index is 11.6. The third-order valence-electron chi connectivity index (χ3n) is 3.33. The molecule has 0 saturated heterocycles. The number of allylic oxidation sites excluding steroid dienone is 1. The molecule has 0 radical (unpaired) electrons. The van der Waals surface area contributed by atoms with Crippen molar-refractivity contribution in [3.05, 3.63) is 35.9 Å². The van der Waals surface area contributed by atoms with Crippen LogP contribution >= 0.6 is 0 Å². The van der Waals surface area contributed by atoms with E-state index >= 15 is 0 Å². The van der Waals surface area contributed by atoms with E-state index in [2.05, 4.69) is 30.0 Å². The van der Waals surface area contributed by atoms with Gasteiger partial charge in [-0.25, -0.2) is 0 Å². The molecule has 0 spiro atoms. The van der Waals surface area contributed by atoms with Crippen molar-refractivity contribution >= 4 is 17.2 Å². The van der Waals surface area contributed by atoms with Gasteiger partial charge in [-0.1, -0.05) is 24.3 Å². The van der Waals surface area contributed by atoms with Crippen molar-refractivity contribution < 1.29 is 9.53 Å². The van der Waals surface area contributed by atoms with Crippen molar-refractivity contribution in [2.75, 3.05) is 18.6 Å². The lowest BCUT2D eigenvalue weighted by atomic mass is 9.95. The fourth-order valence-electron chi connectivity index (χ4n) is 2.37. The lowest BCUT2D eigenvalue weighted by Gasteiger charge is -2.33. The molecule has 1 aromatic rings. The van der Waals surface area contributed by atoms with Gasteiger partial charge in [-0.15, -0.1) is 0 Å². The van der Waals surface area contributed by atoms with Crippen molar-refractivity contribution in [3.63, 3.8) is 0 Å². The fourth-order valence-corrected chi connectivity index (χ4v) is 2.37. The molecule has 18 heavy (non-hydrogen) atoms. The number of hydrogen-bond acceptors (Lipinski definition) is 3. The van der Waals surface area contributed by atoms with Gasteiger partial charge in [-0.2, -0.15) is 0 Å². The van der Waals surface area contributed by atoms with Crippen LogP contribution in [0.5, 0.6) is 0 Å². The summed E-state index contributed by atoms with van der Waals surface area (Å²) in [7, 11) is 2.02. The van der Waals surface area contributed by atoms with Crippen molar-refractivity contribution in [1.29, 1.82) is 0 Å². The Bertz CT molecular complexity index is 479. The van der Waals surface area contributed by atoms with Gasteiger partial charge in [0.25, 0.3) is 0 Å². The molecule has 0 aliphatic carbocycles. The van der Waals surface area contributed by atoms with E-state index in [4.69, 9.17) is 4.74 Å². The second kappa shape index (κ2) is 5.25. The largest absolute Gasteiger partial charge is 0.466 e. The number of fused-ring (bicyclic) bond motifs is 1. The smallest absolute Gasteiger partial charge is 0.308 e. The van der Waals surface area contributed by atoms with Crippen LogP contribution in [0.2, 0.25) is 0 Å². The fraction of sp³-hybridized carbons (Fsp3) is 0.400. The van der Waals surface area contributed by atoms with Crippen LogP contribution in [0.25, 0.3) is 5.57 Å². The lowest BCUT2D eigenvalue weighted by molar-refractivity contribution is -0.143. The zero-order chi connectivity index (χ0) is 13.1. The minimum absolute atomic E-state index is 0.0824. The molecule has 96 valence electrons. The van der Waals surface area contributed by atoms with Gasteiger partial charge in [0.2, 0.25) is 0 Å². The van der Waals surface area contributed by atoms with E-state index in [0.717, 1.165) is 0 Å². The predicted octanol–water partition coefficient (Wildman–Crippen LogP) is 2.86. The molecule has 0 amide bonds. The average molecular weight is 245 g/mol. The Morgan fingerprint density at radius 3 is 2.83 bits per heavy atom. The van der Waals surface area contributed by atoms with E-state index in [1.807, 2.05) is 26.1 Å². The highest BCUT2D eigenvalue weighted by atomic mass is 16.5. The minimum atomic E-state index is -0.141. The standard InChI is InChI=1S/C15H19NO2/c1-4-18-15(17)10-12-9-11(2)13-7-5-6-8-14(13)16(12)3/h5-9,12H,4,10H2,1-3H3. The van der Waals surface area contributed by atoms with Crippen molar-refractivity contribution in [1.82, 2.24) is 0 Å². The van der Waals surface area contributed by atoms with Gasteiger partial charge in [0.15, 0.2) is 0 Å². The van der Waals surface area contributed by atoms with Crippen molar-refractivity contribution in [2.24, 2.45) is 0 Å². The number of hydrogen-bond donors (Lipinski definition) is 0. The molecule has 1 heterocycles. The first-order valence-electron chi connectivity index (χ1n) is 6.29. The number of carbonyl (C=O) groups excluding carboxylic acids is 1. The number of ether oxygens (including phenoxy) is 1. The number of esters is 1. The van der Waals surface area contributed by atoms with Gasteiger partial charge in [-0.3, -0.25) is 4.79 Å². The molecular formula is C15H19NO2. The molecule has 1 atom stereocenters. The average Bonchev–Trinajstić information content (AvgIpc) is 2.36. The van der Waals surface area contributed by atoms with Gasteiger partial charge in [0, 0.05) is 18.3 Å². The summed E-state index contributed by atoms with van der Waals surface area (Å²) in [5.41, 5.74) is 3.63. The summed E-state index contributed by atoms with van der Waals surface area (Å²) in [4.78, 5) is 13.7. The maximum atomic E-state index is 11.6. The van der Waals surface area contributed by atoms with E-state index in [9.17, 15) is 4.79 Å². The maximum Gasteiger partial charge on any atom is 0.308 e. The zero-order valence-corrected chi connectivity index (χ0v) is 11.1. The van der Waals surface area contributed by atoms with Crippen LogP contribution in [0, 0.1) is 0 Å². The molecule has 0 N–H and O–H groups in total. The first-order valence-corrected chi connectivity index (χ1v) is 6.29. The molecule has 1 unspecified atom stereocenters. The van der Waals surface area contributed by atoms with Gasteiger partial charge in [0.1, 0.15) is 0 Å². The van der Waals surface area contributed by atoms with E-state index in [1.54, 1.807) is 0 Å². The number of benzene rings is 1. The van der Waals surface area contributed by atoms with Crippen LogP contribution in [-0.4, -0.2) is 25.7 Å². The predicted molar refractivity (Wildman–Crippen MR) is 73.5 cm³/mol. The number of nitrogens with zero attached hydrogens (tertiary/aromatic N) is 1. The number of likely N-dealkylation sites (N-methyl/N-ethyl adjacent to an activating group) is 1. The highest BCUT2D eigenvalue weighted by Gasteiger charge is 2.24. The molecule has 3 heteroatoms. The van der Waals surface area contributed by atoms with Crippen LogP contribution < -0.4 is 4.90 Å². The number of anilines is 1. The quantitative estimate of drug-likeness (QED) is 0.767. The topological polar surface area (TPSA) is 29.5 Å². The summed E-state index contributed by atoms with van der Waals surface area (Å²) in [5, 5.41) is 0.